The van der Waals surface area contributed by atoms with Crippen LogP contribution in [0.2, 0.25) is 0 Å². The summed E-state index contributed by atoms with van der Waals surface area (Å²) in [4.78, 5) is 21.5. The van der Waals surface area contributed by atoms with Crippen LogP contribution in [-0.4, -0.2) is 12.6 Å². The Hall–Kier alpha value is -0.570. The molecule has 0 amide bonds. The predicted octanol–water partition coefficient (Wildman–Crippen LogP) is 5.67. The highest BCUT2D eigenvalue weighted by atomic mass is 17.2. The Bertz CT molecular complexity index is 256. The van der Waals surface area contributed by atoms with Crippen LogP contribution in [0, 0.1) is 11.3 Å². The maximum absolute atomic E-state index is 11.5. The molecule has 0 saturated carbocycles. The molecule has 0 aliphatic rings. The number of carbonyl (C=O) groups is 1. The Morgan fingerprint density at radius 1 is 1.05 bits per heavy atom. The van der Waals surface area contributed by atoms with Crippen molar-refractivity contribution in [1.82, 2.24) is 0 Å². The number of unbranched alkanes of at least 4 members (excludes halogenated alkanes) is 3. The highest BCUT2D eigenvalue weighted by Crippen LogP contribution is 2.22. The van der Waals surface area contributed by atoms with Crippen molar-refractivity contribution >= 4 is 5.97 Å². The smallest absolute Gasteiger partial charge is 0.298 e. The number of carbonyl (C=O) groups excluding carboxylic acids is 1. The lowest BCUT2D eigenvalue weighted by Gasteiger charge is -2.17. The molecule has 0 aliphatic carbocycles. The van der Waals surface area contributed by atoms with Crippen molar-refractivity contribution < 1.29 is 14.6 Å². The van der Waals surface area contributed by atoms with Crippen LogP contribution in [0.5, 0.6) is 0 Å². The number of rotatable bonds is 12. The zero-order valence-electron chi connectivity index (χ0n) is 14.9. The minimum atomic E-state index is -0.226. The van der Waals surface area contributed by atoms with Gasteiger partial charge in [0.25, 0.3) is 0 Å². The van der Waals surface area contributed by atoms with Gasteiger partial charge in [-0.05, 0) is 30.6 Å². The molecule has 0 aromatic heterocycles. The number of hydrogen-bond acceptors (Lipinski definition) is 3. The van der Waals surface area contributed by atoms with Gasteiger partial charge in [0.2, 0.25) is 0 Å². The minimum Gasteiger partial charge on any atom is -0.298 e. The van der Waals surface area contributed by atoms with Crippen molar-refractivity contribution in [3.05, 3.63) is 0 Å². The molecule has 0 aromatic carbocycles. The van der Waals surface area contributed by atoms with Crippen molar-refractivity contribution in [2.24, 2.45) is 11.3 Å². The van der Waals surface area contributed by atoms with Crippen molar-refractivity contribution in [2.75, 3.05) is 6.61 Å². The molecule has 0 aliphatic heterocycles. The third kappa shape index (κ3) is 14.1. The summed E-state index contributed by atoms with van der Waals surface area (Å²) in [5, 5.41) is 0. The van der Waals surface area contributed by atoms with Crippen LogP contribution in [0.3, 0.4) is 0 Å². The molecule has 1 unspecified atom stereocenters. The van der Waals surface area contributed by atoms with Gasteiger partial charge in [0.05, 0.1) is 6.61 Å². The molecular weight excluding hydrogens is 264 g/mol. The van der Waals surface area contributed by atoms with Gasteiger partial charge in [-0.2, -0.15) is 4.89 Å². The quantitative estimate of drug-likeness (QED) is 0.264. The molecule has 0 spiro atoms. The minimum absolute atomic E-state index is 0.226. The lowest BCUT2D eigenvalue weighted by atomic mass is 9.89. The highest BCUT2D eigenvalue weighted by Gasteiger charge is 2.11. The predicted molar refractivity (Wildman–Crippen MR) is 87.9 cm³/mol. The van der Waals surface area contributed by atoms with Gasteiger partial charge in [-0.1, -0.05) is 66.7 Å². The first-order valence-electron chi connectivity index (χ1n) is 8.71. The number of hydrogen-bond donors (Lipinski definition) is 0. The third-order valence-corrected chi connectivity index (χ3v) is 3.81. The van der Waals surface area contributed by atoms with E-state index in [0.717, 1.165) is 25.7 Å². The molecule has 0 rings (SSSR count). The van der Waals surface area contributed by atoms with Crippen molar-refractivity contribution in [1.29, 1.82) is 0 Å². The van der Waals surface area contributed by atoms with Gasteiger partial charge in [-0.15, -0.1) is 0 Å². The van der Waals surface area contributed by atoms with Crippen LogP contribution in [0.15, 0.2) is 0 Å². The first-order valence-corrected chi connectivity index (χ1v) is 8.71. The van der Waals surface area contributed by atoms with E-state index in [1.165, 1.54) is 25.7 Å². The van der Waals surface area contributed by atoms with E-state index < -0.39 is 0 Å². The second-order valence-corrected chi connectivity index (χ2v) is 7.28. The van der Waals surface area contributed by atoms with E-state index >= 15 is 0 Å². The maximum atomic E-state index is 11.5. The van der Waals surface area contributed by atoms with Gasteiger partial charge >= 0.3 is 5.97 Å². The largest absolute Gasteiger partial charge is 0.342 e. The average Bonchev–Trinajstić information content (AvgIpc) is 2.41. The van der Waals surface area contributed by atoms with Gasteiger partial charge in [-0.25, -0.2) is 4.79 Å². The molecule has 0 radical (unpaired) electrons. The fraction of sp³-hybridized carbons (Fsp3) is 0.944. The summed E-state index contributed by atoms with van der Waals surface area (Å²) in [7, 11) is 0. The van der Waals surface area contributed by atoms with Gasteiger partial charge < -0.3 is 0 Å². The van der Waals surface area contributed by atoms with Crippen LogP contribution in [0.25, 0.3) is 0 Å². The van der Waals surface area contributed by atoms with Crippen LogP contribution in [0.4, 0.5) is 0 Å². The summed E-state index contributed by atoms with van der Waals surface area (Å²) in [6, 6.07) is 0. The van der Waals surface area contributed by atoms with Gasteiger partial charge in [0.1, 0.15) is 0 Å². The molecule has 21 heavy (non-hydrogen) atoms. The molecule has 126 valence electrons. The van der Waals surface area contributed by atoms with Crippen LogP contribution in [0.1, 0.15) is 92.4 Å². The van der Waals surface area contributed by atoms with Gasteiger partial charge in [0, 0.05) is 6.42 Å². The van der Waals surface area contributed by atoms with Gasteiger partial charge in [-0.3, -0.25) is 4.89 Å². The van der Waals surface area contributed by atoms with Crippen LogP contribution >= 0.6 is 0 Å². The van der Waals surface area contributed by atoms with Crippen LogP contribution < -0.4 is 0 Å². The molecular formula is C18H36O3. The zero-order chi connectivity index (χ0) is 16.1. The first kappa shape index (κ1) is 20.4. The third-order valence-electron chi connectivity index (χ3n) is 3.81. The molecule has 0 heterocycles. The first-order chi connectivity index (χ1) is 9.89. The Balaban J connectivity index is 3.53. The fourth-order valence-corrected chi connectivity index (χ4v) is 2.24. The molecule has 3 heteroatoms. The standard InChI is InChI=1S/C18H36O3/c1-6-8-12-16(7-2)15-20-21-17(19)13-10-9-11-14-18(3,4)5/h16H,6-15H2,1-5H3. The SMILES string of the molecule is CCCCC(CC)COOC(=O)CCCCCC(C)(C)C. The highest BCUT2D eigenvalue weighted by molar-refractivity contribution is 5.68. The summed E-state index contributed by atoms with van der Waals surface area (Å²) in [6.07, 6.45) is 9.46. The van der Waals surface area contributed by atoms with Gasteiger partial charge in [0.15, 0.2) is 0 Å². The normalized spacial score (nSPS) is 13.2. The van der Waals surface area contributed by atoms with E-state index in [2.05, 4.69) is 34.6 Å². The lowest BCUT2D eigenvalue weighted by Crippen LogP contribution is -2.12. The van der Waals surface area contributed by atoms with Crippen molar-refractivity contribution in [3.63, 3.8) is 0 Å². The molecule has 0 N–H and O–H groups in total. The zero-order valence-corrected chi connectivity index (χ0v) is 14.9. The van der Waals surface area contributed by atoms with Crippen LogP contribution in [-0.2, 0) is 14.6 Å². The Morgan fingerprint density at radius 2 is 1.76 bits per heavy atom. The van der Waals surface area contributed by atoms with E-state index in [0.29, 0.717) is 24.4 Å². The molecule has 1 atom stereocenters. The summed E-state index contributed by atoms with van der Waals surface area (Å²) >= 11 is 0. The molecule has 0 aromatic rings. The Morgan fingerprint density at radius 3 is 2.33 bits per heavy atom. The second-order valence-electron chi connectivity index (χ2n) is 7.28. The second kappa shape index (κ2) is 12.0. The van der Waals surface area contributed by atoms with E-state index in [1.807, 2.05) is 0 Å². The monoisotopic (exact) mass is 300 g/mol. The summed E-state index contributed by atoms with van der Waals surface area (Å²) in [5.41, 5.74) is 0.386. The summed E-state index contributed by atoms with van der Waals surface area (Å²) < 4.78 is 0. The summed E-state index contributed by atoms with van der Waals surface area (Å²) in [6.45, 7) is 11.6. The topological polar surface area (TPSA) is 35.5 Å². The van der Waals surface area contributed by atoms with Crippen molar-refractivity contribution in [3.8, 4) is 0 Å². The Kier molecular flexibility index (Phi) is 11.7. The van der Waals surface area contributed by atoms with Crippen molar-refractivity contribution in [2.45, 2.75) is 92.4 Å². The van der Waals surface area contributed by atoms with E-state index in [4.69, 9.17) is 9.78 Å². The lowest BCUT2D eigenvalue weighted by molar-refractivity contribution is -0.278. The average molecular weight is 300 g/mol. The molecule has 3 nitrogen and oxygen atoms in total. The molecule has 0 fully saturated rings. The molecule has 0 bridgehead atoms. The fourth-order valence-electron chi connectivity index (χ4n) is 2.24. The molecule has 0 saturated heterocycles. The van der Waals surface area contributed by atoms with E-state index in [1.54, 1.807) is 0 Å². The Labute approximate surface area is 131 Å². The maximum Gasteiger partial charge on any atom is 0.342 e. The van der Waals surface area contributed by atoms with E-state index in [-0.39, 0.29) is 5.97 Å². The summed E-state index contributed by atoms with van der Waals surface area (Å²) in [5.74, 6) is 0.278. The van der Waals surface area contributed by atoms with E-state index in [9.17, 15) is 4.79 Å².